The lowest BCUT2D eigenvalue weighted by atomic mass is 10.0. The molecule has 3 aromatic heterocycles. The van der Waals surface area contributed by atoms with Crippen molar-refractivity contribution in [2.75, 3.05) is 5.32 Å². The molecule has 126 valence electrons. The minimum atomic E-state index is -0.260. The van der Waals surface area contributed by atoms with E-state index in [1.54, 1.807) is 29.5 Å². The van der Waals surface area contributed by atoms with Crippen LogP contribution >= 0.6 is 11.3 Å². The standard InChI is InChI=1S/C18H15FN4OS/c1-9-8-14(23-24-9)22-17-16-15(12-4-6-13(19)7-5-12)10(2)25-18(16)21-11(3)20-17/h4-8H,1-3H3,(H,20,21,22,23). The second-order valence-corrected chi connectivity index (χ2v) is 6.99. The molecule has 4 rings (SSSR count). The van der Waals surface area contributed by atoms with Crippen LogP contribution in [0.2, 0.25) is 0 Å². The number of hydrogen-bond acceptors (Lipinski definition) is 6. The lowest BCUT2D eigenvalue weighted by Crippen LogP contribution is -1.98. The predicted molar refractivity (Wildman–Crippen MR) is 96.8 cm³/mol. The number of fused-ring (bicyclic) bond motifs is 1. The van der Waals surface area contributed by atoms with Crippen LogP contribution in [0.15, 0.2) is 34.9 Å². The molecule has 0 unspecified atom stereocenters. The Morgan fingerprint density at radius 2 is 1.84 bits per heavy atom. The summed E-state index contributed by atoms with van der Waals surface area (Å²) in [5, 5.41) is 8.10. The first-order valence-electron chi connectivity index (χ1n) is 7.75. The fourth-order valence-corrected chi connectivity index (χ4v) is 3.91. The number of nitrogens with zero attached hydrogens (tertiary/aromatic N) is 3. The van der Waals surface area contributed by atoms with Gasteiger partial charge in [0.2, 0.25) is 0 Å². The van der Waals surface area contributed by atoms with Gasteiger partial charge in [0.1, 0.15) is 28.1 Å². The maximum absolute atomic E-state index is 13.3. The molecular formula is C18H15FN4OS. The third-order valence-electron chi connectivity index (χ3n) is 3.85. The van der Waals surface area contributed by atoms with Gasteiger partial charge in [-0.05, 0) is 38.5 Å². The van der Waals surface area contributed by atoms with Gasteiger partial charge < -0.3 is 9.84 Å². The average molecular weight is 354 g/mol. The normalized spacial score (nSPS) is 11.2. The van der Waals surface area contributed by atoms with Crippen molar-refractivity contribution >= 4 is 33.2 Å². The van der Waals surface area contributed by atoms with E-state index in [2.05, 4.69) is 20.4 Å². The molecule has 0 radical (unpaired) electrons. The Balaban J connectivity index is 1.94. The quantitative estimate of drug-likeness (QED) is 0.551. The van der Waals surface area contributed by atoms with E-state index < -0.39 is 0 Å². The van der Waals surface area contributed by atoms with Gasteiger partial charge in [0.25, 0.3) is 0 Å². The van der Waals surface area contributed by atoms with Gasteiger partial charge in [0.15, 0.2) is 5.82 Å². The molecule has 4 aromatic rings. The minimum absolute atomic E-state index is 0.260. The molecule has 5 nitrogen and oxygen atoms in total. The van der Waals surface area contributed by atoms with Crippen LogP contribution in [-0.2, 0) is 0 Å². The molecule has 0 aliphatic carbocycles. The van der Waals surface area contributed by atoms with E-state index in [1.807, 2.05) is 20.8 Å². The summed E-state index contributed by atoms with van der Waals surface area (Å²) in [5.41, 5.74) is 1.93. The predicted octanol–water partition coefficient (Wildman–Crippen LogP) is 5.15. The zero-order valence-corrected chi connectivity index (χ0v) is 14.7. The molecule has 0 spiro atoms. The topological polar surface area (TPSA) is 63.8 Å². The van der Waals surface area contributed by atoms with Gasteiger partial charge in [0.05, 0.1) is 5.39 Å². The molecule has 0 saturated heterocycles. The highest BCUT2D eigenvalue weighted by molar-refractivity contribution is 7.19. The number of thiophene rings is 1. The highest BCUT2D eigenvalue weighted by Gasteiger charge is 2.18. The van der Waals surface area contributed by atoms with E-state index in [9.17, 15) is 4.39 Å². The highest BCUT2D eigenvalue weighted by Crippen LogP contribution is 2.41. The van der Waals surface area contributed by atoms with Crippen molar-refractivity contribution in [2.45, 2.75) is 20.8 Å². The maximum atomic E-state index is 13.3. The number of rotatable bonds is 3. The van der Waals surface area contributed by atoms with Crippen molar-refractivity contribution in [3.8, 4) is 11.1 Å². The molecular weight excluding hydrogens is 339 g/mol. The first-order chi connectivity index (χ1) is 12.0. The summed E-state index contributed by atoms with van der Waals surface area (Å²) in [6.07, 6.45) is 0. The van der Waals surface area contributed by atoms with Gasteiger partial charge in [0, 0.05) is 16.5 Å². The van der Waals surface area contributed by atoms with Gasteiger partial charge in [-0.1, -0.05) is 17.3 Å². The summed E-state index contributed by atoms with van der Waals surface area (Å²) < 4.78 is 18.4. The van der Waals surface area contributed by atoms with Crippen LogP contribution in [0.3, 0.4) is 0 Å². The van der Waals surface area contributed by atoms with Crippen LogP contribution in [0.1, 0.15) is 16.5 Å². The van der Waals surface area contributed by atoms with Crippen molar-refractivity contribution < 1.29 is 8.91 Å². The van der Waals surface area contributed by atoms with Crippen molar-refractivity contribution in [2.24, 2.45) is 0 Å². The smallest absolute Gasteiger partial charge is 0.175 e. The van der Waals surface area contributed by atoms with Crippen LogP contribution in [0.4, 0.5) is 16.0 Å². The largest absolute Gasteiger partial charge is 0.360 e. The van der Waals surface area contributed by atoms with E-state index >= 15 is 0 Å². The van der Waals surface area contributed by atoms with E-state index in [1.165, 1.54) is 12.1 Å². The molecule has 0 amide bonds. The number of aryl methyl sites for hydroxylation is 3. The van der Waals surface area contributed by atoms with Crippen LogP contribution < -0.4 is 5.32 Å². The Hall–Kier alpha value is -2.80. The first-order valence-corrected chi connectivity index (χ1v) is 8.57. The Kier molecular flexibility index (Phi) is 3.73. The molecule has 0 aliphatic rings. The SMILES string of the molecule is Cc1nc(Nc2cc(C)on2)c2c(-c3ccc(F)cc3)c(C)sc2n1. The number of halogens is 1. The Labute approximate surface area is 147 Å². The van der Waals surface area contributed by atoms with Gasteiger partial charge in [-0.2, -0.15) is 0 Å². The molecule has 0 bridgehead atoms. The lowest BCUT2D eigenvalue weighted by Gasteiger charge is -2.08. The number of anilines is 2. The average Bonchev–Trinajstić information content (AvgIpc) is 3.11. The summed E-state index contributed by atoms with van der Waals surface area (Å²) >= 11 is 1.59. The fourth-order valence-electron chi connectivity index (χ4n) is 2.82. The molecule has 1 N–H and O–H groups in total. The third-order valence-corrected chi connectivity index (χ3v) is 4.85. The molecule has 7 heteroatoms. The van der Waals surface area contributed by atoms with Crippen LogP contribution in [0.25, 0.3) is 21.3 Å². The molecule has 0 aliphatic heterocycles. The molecule has 0 saturated carbocycles. The van der Waals surface area contributed by atoms with Gasteiger partial charge >= 0.3 is 0 Å². The highest BCUT2D eigenvalue weighted by atomic mass is 32.1. The lowest BCUT2D eigenvalue weighted by molar-refractivity contribution is 0.400. The third kappa shape index (κ3) is 2.87. The van der Waals surface area contributed by atoms with Crippen molar-refractivity contribution in [1.82, 2.24) is 15.1 Å². The Morgan fingerprint density at radius 3 is 2.52 bits per heavy atom. The fraction of sp³-hybridized carbons (Fsp3) is 0.167. The van der Waals surface area contributed by atoms with Crippen LogP contribution in [0, 0.1) is 26.6 Å². The molecule has 0 atom stereocenters. The second-order valence-electron chi connectivity index (χ2n) is 5.79. The zero-order valence-electron chi connectivity index (χ0n) is 13.9. The number of nitrogens with one attached hydrogen (secondary N) is 1. The van der Waals surface area contributed by atoms with Crippen LogP contribution in [0.5, 0.6) is 0 Å². The maximum Gasteiger partial charge on any atom is 0.175 e. The summed E-state index contributed by atoms with van der Waals surface area (Å²) in [5.74, 6) is 2.38. The van der Waals surface area contributed by atoms with Gasteiger partial charge in [-0.25, -0.2) is 14.4 Å². The monoisotopic (exact) mass is 354 g/mol. The minimum Gasteiger partial charge on any atom is -0.360 e. The summed E-state index contributed by atoms with van der Waals surface area (Å²) in [4.78, 5) is 11.1. The van der Waals surface area contributed by atoms with Gasteiger partial charge in [-0.15, -0.1) is 11.3 Å². The molecule has 3 heterocycles. The van der Waals surface area contributed by atoms with Crippen molar-refractivity contribution in [3.05, 3.63) is 52.6 Å². The van der Waals surface area contributed by atoms with Crippen LogP contribution in [-0.4, -0.2) is 15.1 Å². The summed E-state index contributed by atoms with van der Waals surface area (Å²) in [6.45, 7) is 5.72. The van der Waals surface area contributed by atoms with E-state index in [0.29, 0.717) is 23.2 Å². The summed E-state index contributed by atoms with van der Waals surface area (Å²) in [6, 6.07) is 8.27. The number of benzene rings is 1. The molecule has 1 aromatic carbocycles. The van der Waals surface area contributed by atoms with E-state index in [0.717, 1.165) is 26.2 Å². The van der Waals surface area contributed by atoms with Crippen molar-refractivity contribution in [3.63, 3.8) is 0 Å². The number of aromatic nitrogens is 3. The van der Waals surface area contributed by atoms with Crippen molar-refractivity contribution in [1.29, 1.82) is 0 Å². The first kappa shape index (κ1) is 15.7. The Bertz CT molecular complexity index is 1070. The Morgan fingerprint density at radius 1 is 1.08 bits per heavy atom. The van der Waals surface area contributed by atoms with E-state index in [-0.39, 0.29) is 5.82 Å². The van der Waals surface area contributed by atoms with Gasteiger partial charge in [-0.3, -0.25) is 0 Å². The molecule has 25 heavy (non-hydrogen) atoms. The molecule has 0 fully saturated rings. The number of hydrogen-bond donors (Lipinski definition) is 1. The van der Waals surface area contributed by atoms with E-state index in [4.69, 9.17) is 4.52 Å². The zero-order chi connectivity index (χ0) is 17.6. The second kappa shape index (κ2) is 5.93. The summed E-state index contributed by atoms with van der Waals surface area (Å²) in [7, 11) is 0.